The number of carbonyl (C=O) groups excluding carboxylic acids is 3. The van der Waals surface area contributed by atoms with E-state index >= 15 is 0 Å². The molecular formula is C38H56Br4N6O7. The number of nitrogens with zero attached hydrogens (tertiary/aromatic N) is 4. The molecule has 2 aromatic rings. The molecule has 13 nitrogen and oxygen atoms in total. The molecule has 2 rings (SSSR count). The highest BCUT2D eigenvalue weighted by Gasteiger charge is 2.31. The van der Waals surface area contributed by atoms with Gasteiger partial charge in [0.25, 0.3) is 5.91 Å². The van der Waals surface area contributed by atoms with E-state index in [2.05, 4.69) is 103 Å². The number of carbonyl (C=O) groups is 3. The van der Waals surface area contributed by atoms with Crippen molar-refractivity contribution in [1.82, 2.24) is 25.3 Å². The smallest absolute Gasteiger partial charge is 0.410 e. The first-order valence-corrected chi connectivity index (χ1v) is 21.2. The summed E-state index contributed by atoms with van der Waals surface area (Å²) in [5.41, 5.74) is 0.969. The highest BCUT2D eigenvalue weighted by molar-refractivity contribution is 9.11. The lowest BCUT2D eigenvalue weighted by atomic mass is 10.0. The summed E-state index contributed by atoms with van der Waals surface area (Å²) in [7, 11) is 8.88. The monoisotopic (exact) mass is 1020 g/mol. The molecule has 0 unspecified atom stereocenters. The quantitative estimate of drug-likeness (QED) is 0.0481. The summed E-state index contributed by atoms with van der Waals surface area (Å²) in [5.74, 6) is 0.638. The van der Waals surface area contributed by atoms with Crippen molar-refractivity contribution in [1.29, 1.82) is 0 Å². The van der Waals surface area contributed by atoms with Crippen LogP contribution in [0.4, 0.5) is 4.79 Å². The molecule has 308 valence electrons. The molecule has 0 bridgehead atoms. The molecule has 0 saturated carbocycles. The van der Waals surface area contributed by atoms with Gasteiger partial charge in [-0.3, -0.25) is 14.5 Å². The topological polar surface area (TPSA) is 145 Å². The zero-order valence-electron chi connectivity index (χ0n) is 33.1. The van der Waals surface area contributed by atoms with Crippen LogP contribution in [-0.2, 0) is 27.2 Å². The number of rotatable bonds is 22. The van der Waals surface area contributed by atoms with Gasteiger partial charge in [-0.1, -0.05) is 5.16 Å². The molecule has 0 fully saturated rings. The number of likely N-dealkylation sites (N-methyl/N-ethyl adjacent to an activating group) is 1. The normalized spacial score (nSPS) is 12.4. The minimum absolute atomic E-state index is 0.0330. The Hall–Kier alpha value is -2.44. The van der Waals surface area contributed by atoms with Crippen molar-refractivity contribution in [3.63, 3.8) is 0 Å². The third-order valence-corrected chi connectivity index (χ3v) is 10.9. The second-order valence-corrected chi connectivity index (χ2v) is 17.7. The lowest BCUT2D eigenvalue weighted by Crippen LogP contribution is -2.50. The first-order valence-electron chi connectivity index (χ1n) is 18.0. The molecule has 0 aliphatic heterocycles. The summed E-state index contributed by atoms with van der Waals surface area (Å²) in [5, 5.41) is 18.6. The maximum absolute atomic E-state index is 13.5. The van der Waals surface area contributed by atoms with Crippen LogP contribution in [0, 0.1) is 0 Å². The molecule has 3 amide bonds. The van der Waals surface area contributed by atoms with Gasteiger partial charge in [0, 0.05) is 33.0 Å². The summed E-state index contributed by atoms with van der Waals surface area (Å²) in [4.78, 5) is 44.9. The first-order chi connectivity index (χ1) is 25.9. The lowest BCUT2D eigenvalue weighted by Gasteiger charge is -2.30. The predicted molar refractivity (Wildman–Crippen MR) is 231 cm³/mol. The third-order valence-electron chi connectivity index (χ3n) is 8.51. The van der Waals surface area contributed by atoms with Gasteiger partial charge in [0.05, 0.1) is 32.1 Å². The van der Waals surface area contributed by atoms with E-state index in [1.807, 2.05) is 24.3 Å². The number of hydrogen-bond donors (Lipinski definition) is 3. The molecule has 0 aliphatic rings. The second kappa shape index (κ2) is 24.4. The van der Waals surface area contributed by atoms with Crippen LogP contribution in [0.25, 0.3) is 0 Å². The first kappa shape index (κ1) is 48.7. The van der Waals surface area contributed by atoms with Crippen LogP contribution in [0.2, 0.25) is 0 Å². The standard InChI is InChI=1S/C38H56Br4N6O7/c1-38(2,3)55-37(51)48(6)32(24-26-21-29(41)34(54-8)30(42)22-26)36(50)44-14-12-18-47(5)16-10-9-15-46(4)17-11-13-43-35(49)31(45-52)23-25-19-27(39)33(53-7)28(40)20-25/h19-22,32,52H,9-18,23-24H2,1-8H3,(H,43,49)(H,44,50)/b45-31+/t32-/m0/s1. The van der Waals surface area contributed by atoms with Crippen LogP contribution in [0.3, 0.4) is 0 Å². The molecule has 3 N–H and O–H groups in total. The fraction of sp³-hybridized carbons (Fsp3) is 0.579. The van der Waals surface area contributed by atoms with Gasteiger partial charge in [-0.15, -0.1) is 0 Å². The number of halogens is 4. The SMILES string of the molecule is COc1c(Br)cc(C/C(=N\O)C(=O)NCCCN(C)CCCCN(C)CCCNC(=O)[C@H](Cc2cc(Br)c(OC)c(Br)c2)N(C)C(=O)OC(C)(C)C)cc1Br. The maximum Gasteiger partial charge on any atom is 0.410 e. The van der Waals surface area contributed by atoms with Gasteiger partial charge in [0.1, 0.15) is 28.9 Å². The Balaban J connectivity index is 1.72. The zero-order valence-corrected chi connectivity index (χ0v) is 39.4. The van der Waals surface area contributed by atoms with Gasteiger partial charge < -0.3 is 39.9 Å². The van der Waals surface area contributed by atoms with E-state index in [0.29, 0.717) is 24.6 Å². The van der Waals surface area contributed by atoms with Crippen molar-refractivity contribution < 1.29 is 33.8 Å². The summed E-state index contributed by atoms with van der Waals surface area (Å²) < 4.78 is 19.2. The van der Waals surface area contributed by atoms with Crippen LogP contribution in [0.5, 0.6) is 11.5 Å². The molecule has 0 aliphatic carbocycles. The molecule has 0 radical (unpaired) electrons. The van der Waals surface area contributed by atoms with Crippen LogP contribution in [-0.4, -0.2) is 130 Å². The van der Waals surface area contributed by atoms with Crippen molar-refractivity contribution in [3.05, 3.63) is 53.3 Å². The molecule has 17 heteroatoms. The van der Waals surface area contributed by atoms with Gasteiger partial charge in [-0.25, -0.2) is 4.79 Å². The minimum atomic E-state index is -0.782. The Kier molecular flexibility index (Phi) is 21.6. The van der Waals surface area contributed by atoms with E-state index in [1.165, 1.54) is 4.90 Å². The van der Waals surface area contributed by atoms with E-state index in [9.17, 15) is 19.6 Å². The number of ether oxygens (including phenoxy) is 3. The Labute approximate surface area is 359 Å². The number of amides is 3. The van der Waals surface area contributed by atoms with Crippen LogP contribution >= 0.6 is 63.7 Å². The number of methoxy groups -OCH3 is 2. The number of unbranched alkanes of at least 4 members (excludes halogenated alkanes) is 1. The molecule has 0 spiro atoms. The third kappa shape index (κ3) is 17.3. The fourth-order valence-corrected chi connectivity index (χ4v) is 8.81. The second-order valence-electron chi connectivity index (χ2n) is 14.3. The van der Waals surface area contributed by atoms with Crippen LogP contribution < -0.4 is 20.1 Å². The average molecular weight is 1030 g/mol. The Bertz CT molecular complexity index is 1560. The van der Waals surface area contributed by atoms with Crippen molar-refractivity contribution >= 4 is 87.3 Å². The highest BCUT2D eigenvalue weighted by Crippen LogP contribution is 2.36. The summed E-state index contributed by atoms with van der Waals surface area (Å²) in [6.45, 7) is 9.80. The zero-order chi connectivity index (χ0) is 41.3. The predicted octanol–water partition coefficient (Wildman–Crippen LogP) is 7.26. The van der Waals surface area contributed by atoms with E-state index in [1.54, 1.807) is 42.0 Å². The Morgan fingerprint density at radius 1 is 0.745 bits per heavy atom. The molecule has 2 aromatic carbocycles. The Morgan fingerprint density at radius 3 is 1.62 bits per heavy atom. The number of nitrogens with one attached hydrogen (secondary N) is 2. The van der Waals surface area contributed by atoms with Crippen LogP contribution in [0.15, 0.2) is 47.3 Å². The van der Waals surface area contributed by atoms with Gasteiger partial charge in [0.15, 0.2) is 0 Å². The molecule has 0 aromatic heterocycles. The van der Waals surface area contributed by atoms with Gasteiger partial charge in [-0.2, -0.15) is 0 Å². The van der Waals surface area contributed by atoms with Gasteiger partial charge in [-0.05, 0) is 186 Å². The van der Waals surface area contributed by atoms with Crippen molar-refractivity contribution in [2.75, 3.05) is 74.6 Å². The lowest BCUT2D eigenvalue weighted by molar-refractivity contribution is -0.126. The maximum atomic E-state index is 13.5. The van der Waals surface area contributed by atoms with Crippen molar-refractivity contribution in [2.24, 2.45) is 5.16 Å². The molecule has 55 heavy (non-hydrogen) atoms. The summed E-state index contributed by atoms with van der Waals surface area (Å²) >= 11 is 14.0. The Morgan fingerprint density at radius 2 is 1.18 bits per heavy atom. The largest absolute Gasteiger partial charge is 0.494 e. The molecular weight excluding hydrogens is 972 g/mol. The van der Waals surface area contributed by atoms with E-state index < -0.39 is 23.6 Å². The van der Waals surface area contributed by atoms with Gasteiger partial charge >= 0.3 is 6.09 Å². The van der Waals surface area contributed by atoms with E-state index in [-0.39, 0.29) is 24.5 Å². The molecule has 0 heterocycles. The average Bonchev–Trinajstić information content (AvgIpc) is 3.10. The fourth-order valence-electron chi connectivity index (χ4n) is 5.60. The van der Waals surface area contributed by atoms with Gasteiger partial charge in [0.2, 0.25) is 5.91 Å². The molecule has 0 saturated heterocycles. The van der Waals surface area contributed by atoms with E-state index in [4.69, 9.17) is 14.2 Å². The van der Waals surface area contributed by atoms with Crippen molar-refractivity contribution in [2.45, 2.75) is 70.9 Å². The number of hydrogen-bond acceptors (Lipinski definition) is 10. The van der Waals surface area contributed by atoms with Crippen LogP contribution in [0.1, 0.15) is 57.6 Å². The minimum Gasteiger partial charge on any atom is -0.494 e. The number of oxime groups is 1. The van der Waals surface area contributed by atoms with Crippen molar-refractivity contribution in [3.8, 4) is 11.5 Å². The molecule has 1 atom stereocenters. The number of benzene rings is 2. The van der Waals surface area contributed by atoms with E-state index in [0.717, 1.165) is 80.9 Å². The highest BCUT2D eigenvalue weighted by atomic mass is 79.9. The summed E-state index contributed by atoms with van der Waals surface area (Å²) in [6.07, 6.45) is 3.45. The summed E-state index contributed by atoms with van der Waals surface area (Å²) in [6, 6.07) is 6.64.